The lowest BCUT2D eigenvalue weighted by molar-refractivity contribution is -0.210. The van der Waals surface area contributed by atoms with Gasteiger partial charge in [0, 0.05) is 0 Å². The fraction of sp³-hybridized carbons (Fsp3) is 0.905. The highest BCUT2D eigenvalue weighted by Gasteiger charge is 2.57. The van der Waals surface area contributed by atoms with Crippen molar-refractivity contribution in [3.8, 4) is 0 Å². The van der Waals surface area contributed by atoms with Crippen LogP contribution in [0.25, 0.3) is 0 Å². The fourth-order valence-corrected chi connectivity index (χ4v) is 6.82. The number of hydrogen-bond donors (Lipinski definition) is 1. The third-order valence-electron chi connectivity index (χ3n) is 8.21. The van der Waals surface area contributed by atoms with Crippen LogP contribution in [0.15, 0.2) is 0 Å². The smallest absolute Gasteiger partial charge is 0.402 e. The monoisotopic (exact) mass is 464 g/mol. The number of esters is 2. The van der Waals surface area contributed by atoms with Crippen molar-refractivity contribution in [1.29, 1.82) is 0 Å². The summed E-state index contributed by atoms with van der Waals surface area (Å²) in [4.78, 5) is 25.6. The first kappa shape index (κ1) is 22.9. The number of alkyl halides is 2. The summed E-state index contributed by atoms with van der Waals surface area (Å²) in [7, 11) is -5.70. The quantitative estimate of drug-likeness (QED) is 0.473. The summed E-state index contributed by atoms with van der Waals surface area (Å²) >= 11 is 0. The van der Waals surface area contributed by atoms with E-state index in [9.17, 15) is 26.8 Å². The van der Waals surface area contributed by atoms with Crippen molar-refractivity contribution >= 4 is 22.1 Å². The molecule has 176 valence electrons. The molecule has 0 aliphatic heterocycles. The predicted octanol–water partition coefficient (Wildman–Crippen LogP) is 3.57. The average Bonchev–Trinajstić information content (AvgIpc) is 2.69. The van der Waals surface area contributed by atoms with Crippen molar-refractivity contribution < 1.29 is 40.8 Å². The van der Waals surface area contributed by atoms with Gasteiger partial charge in [-0.25, -0.2) is 0 Å². The molecule has 10 heteroatoms. The van der Waals surface area contributed by atoms with Crippen LogP contribution in [-0.2, 0) is 29.2 Å². The van der Waals surface area contributed by atoms with Gasteiger partial charge in [-0.15, -0.1) is 0 Å². The first-order valence-electron chi connectivity index (χ1n) is 11.1. The Bertz CT molecular complexity index is 813. The van der Waals surface area contributed by atoms with E-state index in [1.807, 2.05) is 6.92 Å². The van der Waals surface area contributed by atoms with Crippen molar-refractivity contribution in [1.82, 2.24) is 0 Å². The Hall–Kier alpha value is -1.29. The Morgan fingerprint density at radius 2 is 1.45 bits per heavy atom. The van der Waals surface area contributed by atoms with Crippen molar-refractivity contribution in [2.75, 3.05) is 6.61 Å². The van der Waals surface area contributed by atoms with Crippen LogP contribution in [0.2, 0.25) is 0 Å². The SMILES string of the molecule is CC1(OC(=O)C2CCCCC2C(=O)OCC(F)(F)S(=O)(=O)O)C2CC3CC(C2)CC1C3. The lowest BCUT2D eigenvalue weighted by atomic mass is 9.50. The van der Waals surface area contributed by atoms with Crippen LogP contribution < -0.4 is 0 Å². The molecule has 2 atom stereocenters. The Labute approximate surface area is 181 Å². The van der Waals surface area contributed by atoms with Gasteiger partial charge in [-0.1, -0.05) is 12.8 Å². The minimum absolute atomic E-state index is 0.282. The second-order valence-electron chi connectivity index (χ2n) is 10.1. The average molecular weight is 465 g/mol. The molecule has 0 radical (unpaired) electrons. The van der Waals surface area contributed by atoms with Gasteiger partial charge in [0.25, 0.3) is 0 Å². The number of carbonyl (C=O) groups excluding carboxylic acids is 2. The Morgan fingerprint density at radius 3 is 1.94 bits per heavy atom. The van der Waals surface area contributed by atoms with E-state index in [1.165, 1.54) is 6.42 Å². The van der Waals surface area contributed by atoms with Crippen molar-refractivity contribution in [3.63, 3.8) is 0 Å². The van der Waals surface area contributed by atoms with Crippen LogP contribution in [0.5, 0.6) is 0 Å². The molecule has 2 unspecified atom stereocenters. The van der Waals surface area contributed by atoms with Crippen LogP contribution in [0, 0.1) is 35.5 Å². The lowest BCUT2D eigenvalue weighted by Gasteiger charge is -2.59. The largest absolute Gasteiger partial charge is 0.459 e. The number of ether oxygens (including phenoxy) is 2. The van der Waals surface area contributed by atoms with E-state index >= 15 is 0 Å². The molecular weight excluding hydrogens is 434 g/mol. The van der Waals surface area contributed by atoms with Gasteiger partial charge in [0.05, 0.1) is 11.8 Å². The number of carbonyl (C=O) groups is 2. The summed E-state index contributed by atoms with van der Waals surface area (Å²) in [5.41, 5.74) is -0.561. The zero-order chi connectivity index (χ0) is 22.6. The highest BCUT2D eigenvalue weighted by atomic mass is 32.2. The van der Waals surface area contributed by atoms with E-state index in [2.05, 4.69) is 4.74 Å². The standard InChI is InChI=1S/C21H30F2O7S/c1-20(14-7-12-6-13(9-14)10-15(20)8-12)30-19(25)17-5-3-2-4-16(17)18(24)29-11-21(22,23)31(26,27)28/h12-17H,2-11H2,1H3,(H,26,27,28). The molecule has 0 aromatic rings. The number of halogens is 2. The zero-order valence-electron chi connectivity index (χ0n) is 17.6. The molecule has 0 amide bonds. The lowest BCUT2D eigenvalue weighted by Crippen LogP contribution is -2.58. The molecule has 0 saturated heterocycles. The second kappa shape index (κ2) is 7.93. The van der Waals surface area contributed by atoms with E-state index in [4.69, 9.17) is 9.29 Å². The molecule has 0 heterocycles. The minimum Gasteiger partial charge on any atom is -0.459 e. The number of hydrogen-bond acceptors (Lipinski definition) is 6. The van der Waals surface area contributed by atoms with Crippen LogP contribution in [-0.4, -0.2) is 42.4 Å². The zero-order valence-corrected chi connectivity index (χ0v) is 18.4. The first-order valence-corrected chi connectivity index (χ1v) is 12.6. The topological polar surface area (TPSA) is 107 Å². The summed E-state index contributed by atoms with van der Waals surface area (Å²) < 4.78 is 67.5. The molecule has 1 N–H and O–H groups in total. The van der Waals surface area contributed by atoms with Gasteiger partial charge in [0.15, 0.2) is 6.61 Å². The van der Waals surface area contributed by atoms with Crippen LogP contribution in [0.4, 0.5) is 8.78 Å². The van der Waals surface area contributed by atoms with Crippen LogP contribution in [0.1, 0.15) is 64.7 Å². The summed E-state index contributed by atoms with van der Waals surface area (Å²) in [5.74, 6) is -1.26. The van der Waals surface area contributed by atoms with Gasteiger partial charge < -0.3 is 9.47 Å². The normalized spacial score (nSPS) is 39.9. The maximum atomic E-state index is 13.4. The van der Waals surface area contributed by atoms with Crippen molar-refractivity contribution in [2.45, 2.75) is 75.6 Å². The van der Waals surface area contributed by atoms with Crippen molar-refractivity contribution in [3.05, 3.63) is 0 Å². The van der Waals surface area contributed by atoms with Gasteiger partial charge in [0.1, 0.15) is 5.60 Å². The highest BCUT2D eigenvalue weighted by molar-refractivity contribution is 7.86. The van der Waals surface area contributed by atoms with E-state index in [0.29, 0.717) is 42.9 Å². The van der Waals surface area contributed by atoms with Crippen molar-refractivity contribution in [2.24, 2.45) is 35.5 Å². The van der Waals surface area contributed by atoms with Gasteiger partial charge >= 0.3 is 27.3 Å². The van der Waals surface area contributed by atoms with E-state index < -0.39 is 51.4 Å². The van der Waals surface area contributed by atoms with Gasteiger partial charge in [-0.2, -0.15) is 17.2 Å². The third-order valence-corrected chi connectivity index (χ3v) is 9.08. The Kier molecular flexibility index (Phi) is 5.86. The summed E-state index contributed by atoms with van der Waals surface area (Å²) in [6, 6.07) is 0. The van der Waals surface area contributed by atoms with E-state index in [0.717, 1.165) is 25.7 Å². The molecular formula is C21H30F2O7S. The fourth-order valence-electron chi connectivity index (χ4n) is 6.61. The van der Waals surface area contributed by atoms with Crippen LogP contribution >= 0.6 is 0 Å². The molecule has 0 spiro atoms. The molecule has 5 aliphatic rings. The maximum absolute atomic E-state index is 13.4. The van der Waals surface area contributed by atoms with Crippen LogP contribution in [0.3, 0.4) is 0 Å². The Morgan fingerprint density at radius 1 is 0.968 bits per heavy atom. The molecule has 31 heavy (non-hydrogen) atoms. The van der Waals surface area contributed by atoms with Gasteiger partial charge in [-0.3, -0.25) is 14.1 Å². The molecule has 4 bridgehead atoms. The summed E-state index contributed by atoms with van der Waals surface area (Å²) in [6.07, 6.45) is 7.49. The molecule has 5 fully saturated rings. The predicted molar refractivity (Wildman–Crippen MR) is 104 cm³/mol. The van der Waals surface area contributed by atoms with Gasteiger partial charge in [0.2, 0.25) is 0 Å². The van der Waals surface area contributed by atoms with Gasteiger partial charge in [-0.05, 0) is 75.5 Å². The molecule has 5 saturated carbocycles. The second-order valence-corrected chi connectivity index (χ2v) is 11.7. The number of rotatable bonds is 6. The summed E-state index contributed by atoms with van der Waals surface area (Å²) in [5, 5.41) is -4.60. The molecule has 5 aliphatic carbocycles. The minimum atomic E-state index is -5.70. The van der Waals surface area contributed by atoms with E-state index in [-0.39, 0.29) is 6.42 Å². The first-order chi connectivity index (χ1) is 14.4. The molecule has 0 aromatic heterocycles. The molecule has 0 aromatic carbocycles. The molecule has 7 nitrogen and oxygen atoms in total. The summed E-state index contributed by atoms with van der Waals surface area (Å²) in [6.45, 7) is 0.217. The Balaban J connectivity index is 1.42. The van der Waals surface area contributed by atoms with E-state index in [1.54, 1.807) is 0 Å². The highest BCUT2D eigenvalue weighted by Crippen LogP contribution is 2.59. The third kappa shape index (κ3) is 4.21. The maximum Gasteiger partial charge on any atom is 0.402 e. The molecule has 5 rings (SSSR count).